The summed E-state index contributed by atoms with van der Waals surface area (Å²) in [4.78, 5) is 13.4. The van der Waals surface area contributed by atoms with E-state index in [1.165, 1.54) is 12.8 Å². The van der Waals surface area contributed by atoms with Gasteiger partial charge in [0.05, 0.1) is 25.6 Å². The van der Waals surface area contributed by atoms with E-state index in [2.05, 4.69) is 25.4 Å². The molecule has 30 heavy (non-hydrogen) atoms. The molecule has 8 heteroatoms. The van der Waals surface area contributed by atoms with Crippen molar-refractivity contribution in [3.8, 4) is 22.8 Å². The van der Waals surface area contributed by atoms with Gasteiger partial charge in [0.1, 0.15) is 11.3 Å². The third-order valence-electron chi connectivity index (χ3n) is 5.10. The minimum absolute atomic E-state index is 0.458. The molecule has 0 unspecified atom stereocenters. The Kier molecular flexibility index (Phi) is 4.66. The van der Waals surface area contributed by atoms with E-state index in [1.54, 1.807) is 24.2 Å². The summed E-state index contributed by atoms with van der Waals surface area (Å²) in [6.07, 6.45) is 9.73. The van der Waals surface area contributed by atoms with Gasteiger partial charge in [0, 0.05) is 36.6 Å². The number of fused-ring (bicyclic) bond motifs is 1. The second-order valence-electron chi connectivity index (χ2n) is 7.44. The van der Waals surface area contributed by atoms with Gasteiger partial charge < -0.3 is 14.8 Å². The molecular weight excluding hydrogens is 380 g/mol. The molecule has 5 rings (SSSR count). The van der Waals surface area contributed by atoms with Crippen molar-refractivity contribution in [2.24, 2.45) is 13.0 Å². The Morgan fingerprint density at radius 1 is 1.13 bits per heavy atom. The highest BCUT2D eigenvalue weighted by Gasteiger charge is 2.22. The largest absolute Gasteiger partial charge is 0.495 e. The van der Waals surface area contributed by atoms with Gasteiger partial charge >= 0.3 is 0 Å². The molecule has 1 fully saturated rings. The average molecular weight is 402 g/mol. The number of benzene rings is 1. The average Bonchev–Trinajstić information content (AvgIpc) is 3.50. The second kappa shape index (κ2) is 7.62. The molecule has 152 valence electrons. The van der Waals surface area contributed by atoms with Crippen molar-refractivity contribution in [1.82, 2.24) is 24.7 Å². The molecule has 3 heterocycles. The summed E-state index contributed by atoms with van der Waals surface area (Å²) < 4.78 is 13.3. The molecule has 1 saturated carbocycles. The summed E-state index contributed by atoms with van der Waals surface area (Å²) in [5, 5.41) is 8.37. The number of hydrogen-bond donors (Lipinski definition) is 1. The molecule has 3 aromatic heterocycles. The van der Waals surface area contributed by atoms with Gasteiger partial charge in [-0.3, -0.25) is 4.68 Å². The number of methoxy groups -OCH3 is 1. The van der Waals surface area contributed by atoms with Crippen molar-refractivity contribution in [3.05, 3.63) is 49.1 Å². The van der Waals surface area contributed by atoms with Crippen molar-refractivity contribution in [2.45, 2.75) is 12.8 Å². The SMILES string of the molecule is COc1cc(-c2cnn(C)c2)ccc1Nc1ncc2ccnc(OCC3CC3)c2n1. The van der Waals surface area contributed by atoms with E-state index in [4.69, 9.17) is 9.47 Å². The lowest BCUT2D eigenvalue weighted by molar-refractivity contribution is 0.291. The van der Waals surface area contributed by atoms with Crippen LogP contribution in [0.2, 0.25) is 0 Å². The maximum atomic E-state index is 5.90. The maximum absolute atomic E-state index is 5.90. The lowest BCUT2D eigenvalue weighted by Gasteiger charge is -2.12. The van der Waals surface area contributed by atoms with Crippen LogP contribution in [-0.4, -0.2) is 38.4 Å². The monoisotopic (exact) mass is 402 g/mol. The van der Waals surface area contributed by atoms with Crippen LogP contribution in [0.3, 0.4) is 0 Å². The summed E-state index contributed by atoms with van der Waals surface area (Å²) >= 11 is 0. The normalized spacial score (nSPS) is 13.4. The van der Waals surface area contributed by atoms with Gasteiger partial charge in [-0.15, -0.1) is 0 Å². The van der Waals surface area contributed by atoms with Crippen LogP contribution in [0, 0.1) is 5.92 Å². The smallest absolute Gasteiger partial charge is 0.240 e. The molecule has 1 aliphatic rings. The van der Waals surface area contributed by atoms with E-state index in [0.29, 0.717) is 35.6 Å². The number of rotatable bonds is 7. The van der Waals surface area contributed by atoms with Gasteiger partial charge in [0.15, 0.2) is 0 Å². The van der Waals surface area contributed by atoms with Crippen LogP contribution in [0.4, 0.5) is 11.6 Å². The van der Waals surface area contributed by atoms with Gasteiger partial charge in [-0.2, -0.15) is 5.10 Å². The molecule has 0 amide bonds. The van der Waals surface area contributed by atoms with E-state index >= 15 is 0 Å². The minimum Gasteiger partial charge on any atom is -0.495 e. The Balaban J connectivity index is 1.43. The van der Waals surface area contributed by atoms with Crippen molar-refractivity contribution in [3.63, 3.8) is 0 Å². The predicted molar refractivity (Wildman–Crippen MR) is 114 cm³/mol. The Hall–Kier alpha value is -3.68. The Bertz CT molecular complexity index is 1200. The fourth-order valence-corrected chi connectivity index (χ4v) is 3.24. The molecule has 0 spiro atoms. The first-order valence-corrected chi connectivity index (χ1v) is 9.88. The molecule has 0 saturated heterocycles. The van der Waals surface area contributed by atoms with Crippen molar-refractivity contribution >= 4 is 22.5 Å². The Morgan fingerprint density at radius 3 is 2.80 bits per heavy atom. The number of pyridine rings is 1. The molecule has 1 aliphatic carbocycles. The summed E-state index contributed by atoms with van der Waals surface area (Å²) in [6, 6.07) is 7.80. The first-order valence-electron chi connectivity index (χ1n) is 9.88. The molecule has 1 N–H and O–H groups in total. The third kappa shape index (κ3) is 3.76. The summed E-state index contributed by atoms with van der Waals surface area (Å²) in [7, 11) is 3.54. The van der Waals surface area contributed by atoms with Crippen LogP contribution >= 0.6 is 0 Å². The number of aryl methyl sites for hydroxylation is 1. The fraction of sp³-hybridized carbons (Fsp3) is 0.273. The lowest BCUT2D eigenvalue weighted by atomic mass is 10.1. The van der Waals surface area contributed by atoms with Gasteiger partial charge in [0.2, 0.25) is 11.8 Å². The van der Waals surface area contributed by atoms with Gasteiger partial charge in [0.25, 0.3) is 0 Å². The Labute approximate surface area is 173 Å². The molecule has 0 atom stereocenters. The zero-order valence-electron chi connectivity index (χ0n) is 16.9. The third-order valence-corrected chi connectivity index (χ3v) is 5.10. The molecule has 0 bridgehead atoms. The molecule has 8 nitrogen and oxygen atoms in total. The highest BCUT2D eigenvalue weighted by Crippen LogP contribution is 2.33. The van der Waals surface area contributed by atoms with Crippen molar-refractivity contribution in [1.29, 1.82) is 0 Å². The number of ether oxygens (including phenoxy) is 2. The molecule has 1 aromatic carbocycles. The van der Waals surface area contributed by atoms with E-state index < -0.39 is 0 Å². The summed E-state index contributed by atoms with van der Waals surface area (Å²) in [5.74, 6) is 2.34. The fourth-order valence-electron chi connectivity index (χ4n) is 3.24. The quantitative estimate of drug-likeness (QED) is 0.500. The number of hydrogen-bond acceptors (Lipinski definition) is 7. The van der Waals surface area contributed by atoms with Crippen LogP contribution in [0.5, 0.6) is 11.6 Å². The first kappa shape index (κ1) is 18.4. The van der Waals surface area contributed by atoms with Gasteiger partial charge in [-0.1, -0.05) is 6.07 Å². The zero-order valence-corrected chi connectivity index (χ0v) is 16.9. The van der Waals surface area contributed by atoms with Crippen LogP contribution in [0.15, 0.2) is 49.1 Å². The minimum atomic E-state index is 0.458. The van der Waals surface area contributed by atoms with E-state index in [-0.39, 0.29) is 0 Å². The van der Waals surface area contributed by atoms with Crippen LogP contribution in [0.25, 0.3) is 22.0 Å². The highest BCUT2D eigenvalue weighted by atomic mass is 16.5. The van der Waals surface area contributed by atoms with E-state index in [0.717, 1.165) is 22.2 Å². The topological polar surface area (TPSA) is 87.0 Å². The standard InChI is InChI=1S/C22H22N6O2/c1-28-12-17(11-25-28)15-5-6-18(19(9-15)29-2)26-22-24-10-16-7-8-23-21(20(16)27-22)30-13-14-3-4-14/h5-12,14H,3-4,13H2,1-2H3,(H,24,26,27). The summed E-state index contributed by atoms with van der Waals surface area (Å²) in [5.41, 5.74) is 3.51. The highest BCUT2D eigenvalue weighted by molar-refractivity contribution is 5.83. The van der Waals surface area contributed by atoms with Gasteiger partial charge in [-0.05, 0) is 42.5 Å². The number of nitrogens with zero attached hydrogens (tertiary/aromatic N) is 5. The first-order chi connectivity index (χ1) is 14.7. The van der Waals surface area contributed by atoms with Crippen LogP contribution in [0.1, 0.15) is 12.8 Å². The zero-order chi connectivity index (χ0) is 20.5. The number of anilines is 2. The van der Waals surface area contributed by atoms with Crippen molar-refractivity contribution < 1.29 is 9.47 Å². The molecular formula is C22H22N6O2. The number of nitrogens with one attached hydrogen (secondary N) is 1. The van der Waals surface area contributed by atoms with Gasteiger partial charge in [-0.25, -0.2) is 15.0 Å². The van der Waals surface area contributed by atoms with Crippen LogP contribution in [-0.2, 0) is 7.05 Å². The van der Waals surface area contributed by atoms with Crippen molar-refractivity contribution in [2.75, 3.05) is 19.0 Å². The maximum Gasteiger partial charge on any atom is 0.240 e. The summed E-state index contributed by atoms with van der Waals surface area (Å²) in [6.45, 7) is 0.683. The molecule has 4 aromatic rings. The van der Waals surface area contributed by atoms with E-state index in [9.17, 15) is 0 Å². The van der Waals surface area contributed by atoms with E-state index in [1.807, 2.05) is 43.7 Å². The Morgan fingerprint density at radius 2 is 2.03 bits per heavy atom. The van der Waals surface area contributed by atoms with Crippen LogP contribution < -0.4 is 14.8 Å². The lowest BCUT2D eigenvalue weighted by Crippen LogP contribution is -2.04. The molecule has 0 aliphatic heterocycles. The molecule has 0 radical (unpaired) electrons. The predicted octanol–water partition coefficient (Wildman–Crippen LogP) is 3.97. The second-order valence-corrected chi connectivity index (χ2v) is 7.44. The number of aromatic nitrogens is 5.